The zero-order valence-corrected chi connectivity index (χ0v) is 14.1. The lowest BCUT2D eigenvalue weighted by Gasteiger charge is -2.04. The molecule has 1 aliphatic rings. The molecule has 1 aliphatic carbocycles. The molecule has 0 saturated carbocycles. The van der Waals surface area contributed by atoms with Crippen LogP contribution in [0.15, 0.2) is 73.7 Å². The third-order valence-electron chi connectivity index (χ3n) is 2.73. The Morgan fingerprint density at radius 1 is 1.10 bits per heavy atom. The van der Waals surface area contributed by atoms with Crippen LogP contribution in [0.4, 0.5) is 5.69 Å². The summed E-state index contributed by atoms with van der Waals surface area (Å²) < 4.78 is 1.81. The summed E-state index contributed by atoms with van der Waals surface area (Å²) in [5.41, 5.74) is 9.64. The minimum absolute atomic E-state index is 0.680. The average molecular weight is 392 g/mol. The van der Waals surface area contributed by atoms with Crippen molar-refractivity contribution in [2.75, 3.05) is 5.73 Å². The largest absolute Gasteiger partial charge is 0.397 e. The van der Waals surface area contributed by atoms with E-state index in [9.17, 15) is 0 Å². The first-order chi connectivity index (χ1) is 9.56. The van der Waals surface area contributed by atoms with Crippen molar-refractivity contribution in [2.24, 2.45) is 4.99 Å². The van der Waals surface area contributed by atoms with Crippen molar-refractivity contribution in [1.29, 1.82) is 0 Å². The van der Waals surface area contributed by atoms with Crippen LogP contribution in [-0.4, -0.2) is 14.1 Å². The third-order valence-corrected chi connectivity index (χ3v) is 3.85. The molecule has 20 heavy (non-hydrogen) atoms. The van der Waals surface area contributed by atoms with Crippen LogP contribution in [0.3, 0.4) is 0 Å². The van der Waals surface area contributed by atoms with Crippen molar-refractivity contribution >= 4 is 51.6 Å². The Balaban J connectivity index is 2.30. The van der Waals surface area contributed by atoms with Gasteiger partial charge >= 0.3 is 0 Å². The van der Waals surface area contributed by atoms with Crippen molar-refractivity contribution < 1.29 is 0 Å². The molecule has 0 unspecified atom stereocenters. The molecule has 2 nitrogen and oxygen atoms in total. The highest BCUT2D eigenvalue weighted by molar-refractivity contribution is 9.11. The summed E-state index contributed by atoms with van der Waals surface area (Å²) in [5, 5.41) is 0. The van der Waals surface area contributed by atoms with E-state index in [-0.39, 0.29) is 0 Å². The van der Waals surface area contributed by atoms with Gasteiger partial charge in [-0.3, -0.25) is 4.99 Å². The predicted molar refractivity (Wildman–Crippen MR) is 96.8 cm³/mol. The van der Waals surface area contributed by atoms with Crippen molar-refractivity contribution in [3.8, 4) is 0 Å². The summed E-state index contributed by atoms with van der Waals surface area (Å²) in [7, 11) is 2.05. The predicted octanol–water partition coefficient (Wildman–Crippen LogP) is 3.74. The summed E-state index contributed by atoms with van der Waals surface area (Å²) in [6.45, 7) is 0. The number of nitrogens with two attached hydrogens (primary N) is 1. The third kappa shape index (κ3) is 4.08. The van der Waals surface area contributed by atoms with E-state index < -0.39 is 0 Å². The first-order valence-electron chi connectivity index (χ1n) is 6.08. The van der Waals surface area contributed by atoms with Gasteiger partial charge in [0.1, 0.15) is 7.85 Å². The van der Waals surface area contributed by atoms with E-state index in [0.717, 1.165) is 20.2 Å². The normalized spacial score (nSPS) is 23.3. The number of benzene rings is 1. The minimum Gasteiger partial charge on any atom is -0.397 e. The molecule has 0 amide bonds. The fourth-order valence-corrected chi connectivity index (χ4v) is 2.89. The molecule has 0 spiro atoms. The minimum atomic E-state index is 0.680. The summed E-state index contributed by atoms with van der Waals surface area (Å²) in [6, 6.07) is 3.86. The molecule has 0 atom stereocenters. The number of aliphatic imine (C=N–C) groups is 1. The Kier molecular flexibility index (Phi) is 5.20. The highest BCUT2D eigenvalue weighted by atomic mass is 79.9. The van der Waals surface area contributed by atoms with Gasteiger partial charge < -0.3 is 5.73 Å². The topological polar surface area (TPSA) is 38.4 Å². The number of halogens is 2. The van der Waals surface area contributed by atoms with Gasteiger partial charge in [0.05, 0.1) is 11.4 Å². The van der Waals surface area contributed by atoms with E-state index >= 15 is 0 Å². The van der Waals surface area contributed by atoms with Crippen molar-refractivity contribution in [1.82, 2.24) is 0 Å². The lowest BCUT2D eigenvalue weighted by atomic mass is 9.94. The number of nitrogen functional groups attached to an aromatic ring is 1. The van der Waals surface area contributed by atoms with Crippen molar-refractivity contribution in [3.05, 3.63) is 74.3 Å². The molecule has 100 valence electrons. The van der Waals surface area contributed by atoms with E-state index in [1.54, 1.807) is 6.21 Å². The average Bonchev–Trinajstić information content (AvgIpc) is 2.39. The molecule has 5 heteroatoms. The van der Waals surface area contributed by atoms with Gasteiger partial charge in [-0.2, -0.15) is 0 Å². The van der Waals surface area contributed by atoms with Gasteiger partial charge in [0.2, 0.25) is 0 Å². The van der Waals surface area contributed by atoms with Crippen LogP contribution in [0.2, 0.25) is 0 Å². The Labute approximate surface area is 136 Å². The van der Waals surface area contributed by atoms with E-state index in [1.165, 1.54) is 5.47 Å². The summed E-state index contributed by atoms with van der Waals surface area (Å²) in [6.07, 6.45) is 13.8. The molecule has 1 aromatic rings. The van der Waals surface area contributed by atoms with Gasteiger partial charge in [-0.25, -0.2) is 0 Å². The Morgan fingerprint density at radius 2 is 1.85 bits per heavy atom. The lowest BCUT2D eigenvalue weighted by Crippen LogP contribution is -1.95. The second-order valence-corrected chi connectivity index (χ2v) is 6.14. The van der Waals surface area contributed by atoms with Gasteiger partial charge in [-0.1, -0.05) is 45.7 Å². The van der Waals surface area contributed by atoms with Crippen molar-refractivity contribution in [2.45, 2.75) is 0 Å². The maximum atomic E-state index is 6.03. The number of anilines is 1. The van der Waals surface area contributed by atoms with Gasteiger partial charge in [-0.15, -0.1) is 0 Å². The molecule has 1 aromatic carbocycles. The molecular weight excluding hydrogens is 379 g/mol. The van der Waals surface area contributed by atoms with E-state index in [0.29, 0.717) is 5.69 Å². The van der Waals surface area contributed by atoms with Crippen molar-refractivity contribution in [3.63, 3.8) is 0 Å². The molecule has 0 heterocycles. The number of hydrogen-bond donors (Lipinski definition) is 1. The van der Waals surface area contributed by atoms with Gasteiger partial charge in [-0.05, 0) is 40.2 Å². The maximum Gasteiger partial charge on any atom is 0.139 e. The quantitative estimate of drug-likeness (QED) is 0.465. The molecule has 0 bridgehead atoms. The van der Waals surface area contributed by atoms with Crippen LogP contribution in [-0.2, 0) is 0 Å². The number of nitrogens with zero attached hydrogens (tertiary/aromatic N) is 1. The SMILES string of the molecule is BC1=C/C=C(/N=C/c2cc(Br)cc(Br)c2N)\C=C/C=C\1. The molecule has 2 rings (SSSR count). The summed E-state index contributed by atoms with van der Waals surface area (Å²) >= 11 is 6.88. The van der Waals surface area contributed by atoms with E-state index in [2.05, 4.69) is 50.8 Å². The molecular formula is C15H13BBr2N2. The van der Waals surface area contributed by atoms with Crippen LogP contribution in [0.5, 0.6) is 0 Å². The molecule has 0 saturated heterocycles. The highest BCUT2D eigenvalue weighted by Crippen LogP contribution is 2.27. The maximum absolute atomic E-state index is 6.03. The number of rotatable bonds is 2. The van der Waals surface area contributed by atoms with Gasteiger partial charge in [0, 0.05) is 20.7 Å². The first kappa shape index (κ1) is 15.1. The molecule has 0 aromatic heterocycles. The fraction of sp³-hybridized carbons (Fsp3) is 0. The summed E-state index contributed by atoms with van der Waals surface area (Å²) in [5.74, 6) is 0. The van der Waals surface area contributed by atoms with E-state index in [4.69, 9.17) is 5.73 Å². The zero-order chi connectivity index (χ0) is 14.5. The first-order valence-corrected chi connectivity index (χ1v) is 7.67. The monoisotopic (exact) mass is 390 g/mol. The number of allylic oxidation sites excluding steroid dienone is 7. The number of hydrogen-bond acceptors (Lipinski definition) is 2. The van der Waals surface area contributed by atoms with E-state index in [1.807, 2.05) is 42.5 Å². The van der Waals surface area contributed by atoms with Gasteiger partial charge in [0.25, 0.3) is 0 Å². The second-order valence-electron chi connectivity index (χ2n) is 4.37. The smallest absolute Gasteiger partial charge is 0.139 e. The Morgan fingerprint density at radius 3 is 2.65 bits per heavy atom. The molecule has 2 N–H and O–H groups in total. The standard InChI is InChI=1S/C15H13BBr2N2/c16-11-3-1-2-4-13(6-5-11)20-9-10-7-12(17)8-14(18)15(10)19/h1-9H,16,19H2/b2-1?,3-1-,4-2-,6-5?,11-3?,11-5+,13-4?,13-6+,20-9+. The lowest BCUT2D eigenvalue weighted by molar-refractivity contribution is 1.41. The summed E-state index contributed by atoms with van der Waals surface area (Å²) in [4.78, 5) is 4.48. The Hall–Kier alpha value is -1.33. The molecule has 0 aliphatic heterocycles. The van der Waals surface area contributed by atoms with Crippen LogP contribution >= 0.6 is 31.9 Å². The van der Waals surface area contributed by atoms with Crippen LogP contribution in [0, 0.1) is 0 Å². The van der Waals surface area contributed by atoms with Crippen LogP contribution < -0.4 is 5.73 Å². The molecule has 0 fully saturated rings. The zero-order valence-electron chi connectivity index (χ0n) is 11.0. The Bertz CT molecular complexity index is 671. The van der Waals surface area contributed by atoms with Crippen LogP contribution in [0.1, 0.15) is 5.56 Å². The van der Waals surface area contributed by atoms with Gasteiger partial charge in [0.15, 0.2) is 0 Å². The van der Waals surface area contributed by atoms with Crippen LogP contribution in [0.25, 0.3) is 0 Å². The second kappa shape index (κ2) is 6.91. The molecule has 0 radical (unpaired) electrons. The highest BCUT2D eigenvalue weighted by Gasteiger charge is 2.03. The fourth-order valence-electron chi connectivity index (χ4n) is 1.63.